The second-order valence-corrected chi connectivity index (χ2v) is 13.2. The third-order valence-corrected chi connectivity index (χ3v) is 9.92. The molecule has 0 unspecified atom stereocenters. The molecule has 144 valence electrons. The van der Waals surface area contributed by atoms with Crippen molar-refractivity contribution in [3.05, 3.63) is 54.4 Å². The first-order valence-corrected chi connectivity index (χ1v) is 12.4. The lowest BCUT2D eigenvalue weighted by atomic mass is 10.1. The highest BCUT2D eigenvalue weighted by atomic mass is 28.4. The lowest BCUT2D eigenvalue weighted by molar-refractivity contribution is 0.414. The van der Waals surface area contributed by atoms with Crippen molar-refractivity contribution in [3.8, 4) is 11.5 Å². The number of para-hydroxylation sites is 1. The molecule has 1 heterocycles. The molecule has 0 radical (unpaired) electrons. The van der Waals surface area contributed by atoms with Crippen molar-refractivity contribution in [2.45, 2.75) is 51.9 Å². The van der Waals surface area contributed by atoms with Gasteiger partial charge in [-0.15, -0.1) is 0 Å². The minimum atomic E-state index is -1.91. The number of benzene rings is 2. The van der Waals surface area contributed by atoms with Crippen molar-refractivity contribution in [2.24, 2.45) is 0 Å². The Hall–Kier alpha value is -2.27. The Balaban J connectivity index is 1.86. The Morgan fingerprint density at radius 3 is 2.37 bits per heavy atom. The van der Waals surface area contributed by atoms with E-state index in [0.717, 1.165) is 35.5 Å². The molecule has 0 bridgehead atoms. The van der Waals surface area contributed by atoms with Crippen molar-refractivity contribution in [1.29, 1.82) is 0 Å². The monoisotopic (exact) mass is 382 g/mol. The Kier molecular flexibility index (Phi) is 5.33. The minimum absolute atomic E-state index is 0.156. The van der Waals surface area contributed by atoms with Crippen LogP contribution in [0.3, 0.4) is 0 Å². The zero-order chi connectivity index (χ0) is 19.7. The summed E-state index contributed by atoms with van der Waals surface area (Å²) in [6, 6.07) is 14.4. The van der Waals surface area contributed by atoms with E-state index in [1.165, 1.54) is 5.56 Å². The maximum atomic E-state index is 6.62. The Morgan fingerprint density at radius 1 is 1.04 bits per heavy atom. The maximum Gasteiger partial charge on any atom is 0.250 e. The number of methoxy groups -OCH3 is 1. The number of nitrogens with zero attached hydrogens (tertiary/aromatic N) is 2. The summed E-state index contributed by atoms with van der Waals surface area (Å²) >= 11 is 0. The first-order valence-electron chi connectivity index (χ1n) is 9.47. The molecule has 0 fully saturated rings. The van der Waals surface area contributed by atoms with Crippen LogP contribution in [0.15, 0.2) is 48.8 Å². The molecular formula is C22H30N2O2Si. The standard InChI is InChI=1S/C22H30N2O2Si/c1-22(2,3)27(5,6)26-20-9-7-8-19-21(20)24(16-23-19)15-14-17-10-12-18(25-4)13-11-17/h7-13,16H,14-15H2,1-6H3. The van der Waals surface area contributed by atoms with E-state index in [1.807, 2.05) is 24.5 Å². The average molecular weight is 383 g/mol. The Bertz CT molecular complexity index is 908. The molecule has 0 saturated carbocycles. The topological polar surface area (TPSA) is 36.3 Å². The van der Waals surface area contributed by atoms with Gasteiger partial charge in [0, 0.05) is 6.54 Å². The summed E-state index contributed by atoms with van der Waals surface area (Å²) in [5.41, 5.74) is 3.36. The fraction of sp³-hybridized carbons (Fsp3) is 0.409. The summed E-state index contributed by atoms with van der Waals surface area (Å²) in [6.45, 7) is 12.2. The van der Waals surface area contributed by atoms with Crippen molar-refractivity contribution in [2.75, 3.05) is 7.11 Å². The predicted octanol–water partition coefficient (Wildman–Crippen LogP) is 5.67. The summed E-state index contributed by atoms with van der Waals surface area (Å²) in [4.78, 5) is 4.59. The lowest BCUT2D eigenvalue weighted by Gasteiger charge is -2.36. The van der Waals surface area contributed by atoms with Crippen LogP contribution >= 0.6 is 0 Å². The van der Waals surface area contributed by atoms with Crippen LogP contribution < -0.4 is 9.16 Å². The molecule has 4 nitrogen and oxygen atoms in total. The molecule has 27 heavy (non-hydrogen) atoms. The van der Waals surface area contributed by atoms with Crippen molar-refractivity contribution in [3.63, 3.8) is 0 Å². The number of hydrogen-bond donors (Lipinski definition) is 0. The van der Waals surface area contributed by atoms with Crippen LogP contribution in [0, 0.1) is 0 Å². The second kappa shape index (κ2) is 7.39. The highest BCUT2D eigenvalue weighted by molar-refractivity contribution is 6.74. The van der Waals surface area contributed by atoms with Crippen LogP contribution in [0.25, 0.3) is 11.0 Å². The first-order chi connectivity index (χ1) is 12.7. The van der Waals surface area contributed by atoms with Gasteiger partial charge in [0.1, 0.15) is 17.0 Å². The van der Waals surface area contributed by atoms with Crippen molar-refractivity contribution < 1.29 is 9.16 Å². The van der Waals surface area contributed by atoms with Crippen LogP contribution in [0.4, 0.5) is 0 Å². The third-order valence-electron chi connectivity index (χ3n) is 5.57. The molecule has 2 aromatic carbocycles. The van der Waals surface area contributed by atoms with Crippen LogP contribution in [-0.2, 0) is 13.0 Å². The molecule has 0 spiro atoms. The second-order valence-electron chi connectivity index (χ2n) is 8.52. The summed E-state index contributed by atoms with van der Waals surface area (Å²) in [5.74, 6) is 1.84. The molecular weight excluding hydrogens is 352 g/mol. The molecule has 0 N–H and O–H groups in total. The van der Waals surface area contributed by atoms with E-state index in [-0.39, 0.29) is 5.04 Å². The normalized spacial score (nSPS) is 12.4. The Morgan fingerprint density at radius 2 is 1.74 bits per heavy atom. The van der Waals surface area contributed by atoms with E-state index >= 15 is 0 Å². The fourth-order valence-corrected chi connectivity index (χ4v) is 3.84. The number of hydrogen-bond acceptors (Lipinski definition) is 3. The zero-order valence-electron chi connectivity index (χ0n) is 17.2. The van der Waals surface area contributed by atoms with Crippen LogP contribution in [0.1, 0.15) is 26.3 Å². The molecule has 0 aliphatic rings. The highest BCUT2D eigenvalue weighted by Gasteiger charge is 2.39. The molecule has 3 aromatic rings. The van der Waals surface area contributed by atoms with Gasteiger partial charge >= 0.3 is 0 Å². The van der Waals surface area contributed by atoms with Crippen LogP contribution in [-0.4, -0.2) is 25.0 Å². The van der Waals surface area contributed by atoms with E-state index in [2.05, 4.69) is 67.7 Å². The molecule has 0 saturated heterocycles. The van der Waals surface area contributed by atoms with Gasteiger partial charge in [-0.05, 0) is 54.4 Å². The Labute approximate surface area is 163 Å². The maximum absolute atomic E-state index is 6.62. The molecule has 3 rings (SSSR count). The smallest absolute Gasteiger partial charge is 0.250 e. The number of aromatic nitrogens is 2. The fourth-order valence-electron chi connectivity index (χ4n) is 2.81. The predicted molar refractivity (Wildman–Crippen MR) is 114 cm³/mol. The molecule has 0 aliphatic heterocycles. The molecule has 1 aromatic heterocycles. The zero-order valence-corrected chi connectivity index (χ0v) is 18.2. The van der Waals surface area contributed by atoms with Gasteiger partial charge in [-0.3, -0.25) is 0 Å². The van der Waals surface area contributed by atoms with E-state index in [0.29, 0.717) is 0 Å². The quantitative estimate of drug-likeness (QED) is 0.515. The van der Waals surface area contributed by atoms with Gasteiger partial charge in [0.15, 0.2) is 0 Å². The molecule has 5 heteroatoms. The van der Waals surface area contributed by atoms with Crippen molar-refractivity contribution >= 4 is 19.4 Å². The number of imidazole rings is 1. The molecule has 0 amide bonds. The third kappa shape index (κ3) is 4.19. The number of fused-ring (bicyclic) bond motifs is 1. The van der Waals surface area contributed by atoms with Gasteiger partial charge in [-0.1, -0.05) is 39.0 Å². The average Bonchev–Trinajstić information content (AvgIpc) is 3.03. The summed E-state index contributed by atoms with van der Waals surface area (Å²) < 4.78 is 14.1. The lowest BCUT2D eigenvalue weighted by Crippen LogP contribution is -2.43. The van der Waals surface area contributed by atoms with Gasteiger partial charge in [0.05, 0.1) is 19.0 Å². The van der Waals surface area contributed by atoms with E-state index in [4.69, 9.17) is 9.16 Å². The van der Waals surface area contributed by atoms with Crippen molar-refractivity contribution in [1.82, 2.24) is 9.55 Å². The summed E-state index contributed by atoms with van der Waals surface area (Å²) in [5, 5.41) is 0.156. The highest BCUT2D eigenvalue weighted by Crippen LogP contribution is 2.39. The number of aryl methyl sites for hydroxylation is 2. The summed E-state index contributed by atoms with van der Waals surface area (Å²) in [7, 11) is -0.221. The van der Waals surface area contributed by atoms with E-state index in [1.54, 1.807) is 7.11 Å². The van der Waals surface area contributed by atoms with E-state index < -0.39 is 8.32 Å². The van der Waals surface area contributed by atoms with Crippen LogP contribution in [0.5, 0.6) is 11.5 Å². The van der Waals surface area contributed by atoms with Gasteiger partial charge in [0.25, 0.3) is 8.32 Å². The largest absolute Gasteiger partial charge is 0.542 e. The van der Waals surface area contributed by atoms with Gasteiger partial charge in [0.2, 0.25) is 0 Å². The molecule has 0 aliphatic carbocycles. The van der Waals surface area contributed by atoms with Gasteiger partial charge < -0.3 is 13.7 Å². The first kappa shape index (κ1) is 19.5. The van der Waals surface area contributed by atoms with Crippen LogP contribution in [0.2, 0.25) is 18.1 Å². The number of rotatable bonds is 6. The van der Waals surface area contributed by atoms with Gasteiger partial charge in [-0.25, -0.2) is 4.98 Å². The minimum Gasteiger partial charge on any atom is -0.542 e. The number of ether oxygens (including phenoxy) is 1. The van der Waals surface area contributed by atoms with E-state index in [9.17, 15) is 0 Å². The summed E-state index contributed by atoms with van der Waals surface area (Å²) in [6.07, 6.45) is 2.86. The SMILES string of the molecule is COc1ccc(CCn2cnc3cccc(O[Si](C)(C)C(C)(C)C)c32)cc1. The van der Waals surface area contributed by atoms with Gasteiger partial charge in [-0.2, -0.15) is 0 Å². The molecule has 0 atom stereocenters.